The van der Waals surface area contributed by atoms with Crippen LogP contribution in [0.25, 0.3) is 22.0 Å². The van der Waals surface area contributed by atoms with E-state index >= 15 is 0 Å². The van der Waals surface area contributed by atoms with Gasteiger partial charge in [-0.15, -0.1) is 0 Å². The molecule has 2 aromatic heterocycles. The summed E-state index contributed by atoms with van der Waals surface area (Å²) in [5.74, 6) is -0.142. The Morgan fingerprint density at radius 3 is 2.36 bits per heavy atom. The van der Waals surface area contributed by atoms with Gasteiger partial charge in [-0.1, -0.05) is 24.3 Å². The smallest absolute Gasteiger partial charge is 0.255 e. The number of carbonyl (C=O) groups is 1. The van der Waals surface area contributed by atoms with E-state index < -0.39 is 0 Å². The molecule has 0 fully saturated rings. The molecule has 1 amide bonds. The zero-order valence-corrected chi connectivity index (χ0v) is 13.4. The highest BCUT2D eigenvalue weighted by Gasteiger charge is 2.07. The Labute approximate surface area is 145 Å². The number of nitrogens with one attached hydrogen (secondary N) is 1. The summed E-state index contributed by atoms with van der Waals surface area (Å²) in [5, 5.41) is 3.96. The molecule has 4 nitrogen and oxygen atoms in total. The first-order valence-corrected chi connectivity index (χ1v) is 7.96. The van der Waals surface area contributed by atoms with Crippen molar-refractivity contribution in [2.75, 3.05) is 5.32 Å². The van der Waals surface area contributed by atoms with Gasteiger partial charge in [-0.3, -0.25) is 14.8 Å². The average molecular weight is 325 g/mol. The number of benzene rings is 2. The normalized spacial score (nSPS) is 10.6. The summed E-state index contributed by atoms with van der Waals surface area (Å²) < 4.78 is 0. The van der Waals surface area contributed by atoms with Gasteiger partial charge in [0.15, 0.2) is 0 Å². The summed E-state index contributed by atoms with van der Waals surface area (Å²) in [7, 11) is 0. The average Bonchev–Trinajstić information content (AvgIpc) is 2.69. The molecule has 0 saturated heterocycles. The molecular formula is C21H15N3O. The number of nitrogens with zero attached hydrogens (tertiary/aromatic N) is 2. The molecule has 25 heavy (non-hydrogen) atoms. The van der Waals surface area contributed by atoms with Crippen molar-refractivity contribution in [3.8, 4) is 11.1 Å². The molecule has 0 aliphatic carbocycles. The van der Waals surface area contributed by atoms with E-state index in [1.165, 1.54) is 0 Å². The van der Waals surface area contributed by atoms with Gasteiger partial charge in [0.1, 0.15) is 0 Å². The fraction of sp³-hybridized carbons (Fsp3) is 0. The second-order valence-corrected chi connectivity index (χ2v) is 5.68. The fourth-order valence-electron chi connectivity index (χ4n) is 2.71. The van der Waals surface area contributed by atoms with Crippen LogP contribution in [0.15, 0.2) is 85.3 Å². The minimum Gasteiger partial charge on any atom is -0.322 e. The number of pyridine rings is 2. The zero-order chi connectivity index (χ0) is 17.1. The largest absolute Gasteiger partial charge is 0.322 e. The highest BCUT2D eigenvalue weighted by Crippen LogP contribution is 2.20. The van der Waals surface area contributed by atoms with Crippen molar-refractivity contribution in [1.82, 2.24) is 9.97 Å². The molecule has 0 radical (unpaired) electrons. The van der Waals surface area contributed by atoms with Crippen LogP contribution in [0.3, 0.4) is 0 Å². The van der Waals surface area contributed by atoms with E-state index in [-0.39, 0.29) is 5.91 Å². The van der Waals surface area contributed by atoms with Gasteiger partial charge >= 0.3 is 0 Å². The lowest BCUT2D eigenvalue weighted by Gasteiger charge is -2.07. The molecule has 4 aromatic rings. The van der Waals surface area contributed by atoms with E-state index in [1.807, 2.05) is 66.7 Å². The Morgan fingerprint density at radius 1 is 0.800 bits per heavy atom. The van der Waals surface area contributed by atoms with Crippen molar-refractivity contribution in [2.24, 2.45) is 0 Å². The standard InChI is InChI=1S/C21H15N3O/c25-21(24-19-8-7-17-2-1-11-23-20(17)14-19)18-5-3-15(4-6-18)16-9-12-22-13-10-16/h1-14H,(H,24,25). The number of amides is 1. The van der Waals surface area contributed by atoms with Crippen molar-refractivity contribution in [3.63, 3.8) is 0 Å². The molecule has 0 atom stereocenters. The first-order valence-electron chi connectivity index (χ1n) is 7.96. The van der Waals surface area contributed by atoms with Crippen LogP contribution in [-0.4, -0.2) is 15.9 Å². The molecule has 0 spiro atoms. The van der Waals surface area contributed by atoms with Crippen molar-refractivity contribution in [3.05, 3.63) is 90.9 Å². The van der Waals surface area contributed by atoms with Crippen LogP contribution >= 0.6 is 0 Å². The number of hydrogen-bond donors (Lipinski definition) is 1. The first-order chi connectivity index (χ1) is 12.3. The lowest BCUT2D eigenvalue weighted by molar-refractivity contribution is 0.102. The highest BCUT2D eigenvalue weighted by atomic mass is 16.1. The molecule has 0 aliphatic heterocycles. The van der Waals surface area contributed by atoms with Crippen LogP contribution in [0.1, 0.15) is 10.4 Å². The molecule has 0 bridgehead atoms. The van der Waals surface area contributed by atoms with Gasteiger partial charge in [-0.25, -0.2) is 0 Å². The van der Waals surface area contributed by atoms with Gasteiger partial charge in [0.2, 0.25) is 0 Å². The molecular weight excluding hydrogens is 310 g/mol. The van der Waals surface area contributed by atoms with E-state index in [2.05, 4.69) is 15.3 Å². The molecule has 4 heteroatoms. The Morgan fingerprint density at radius 2 is 1.56 bits per heavy atom. The van der Waals surface area contributed by atoms with E-state index in [0.717, 1.165) is 27.7 Å². The highest BCUT2D eigenvalue weighted by molar-refractivity contribution is 6.05. The molecule has 1 N–H and O–H groups in total. The monoisotopic (exact) mass is 325 g/mol. The van der Waals surface area contributed by atoms with Gasteiger partial charge in [0.25, 0.3) is 5.91 Å². The SMILES string of the molecule is O=C(Nc1ccc2cccnc2c1)c1ccc(-c2ccncc2)cc1. The van der Waals surface area contributed by atoms with Gasteiger partial charge in [0.05, 0.1) is 5.52 Å². The van der Waals surface area contributed by atoms with Crippen LogP contribution in [0, 0.1) is 0 Å². The molecule has 2 aromatic carbocycles. The first kappa shape index (κ1) is 15.0. The third-order valence-corrected chi connectivity index (χ3v) is 4.02. The number of hydrogen-bond acceptors (Lipinski definition) is 3. The molecule has 4 rings (SSSR count). The van der Waals surface area contributed by atoms with Crippen LogP contribution in [0.2, 0.25) is 0 Å². The quantitative estimate of drug-likeness (QED) is 0.601. The Hall–Kier alpha value is -3.53. The molecule has 2 heterocycles. The van der Waals surface area contributed by atoms with E-state index in [4.69, 9.17) is 0 Å². The van der Waals surface area contributed by atoms with Gasteiger partial charge < -0.3 is 5.32 Å². The minimum atomic E-state index is -0.142. The predicted octanol–water partition coefficient (Wildman–Crippen LogP) is 4.55. The number of carbonyl (C=O) groups excluding carboxylic acids is 1. The molecule has 0 aliphatic rings. The van der Waals surface area contributed by atoms with Crippen LogP contribution < -0.4 is 5.32 Å². The Kier molecular flexibility index (Phi) is 3.92. The minimum absolute atomic E-state index is 0.142. The van der Waals surface area contributed by atoms with Crippen molar-refractivity contribution < 1.29 is 4.79 Å². The molecule has 120 valence electrons. The summed E-state index contributed by atoms with van der Waals surface area (Å²) in [6.07, 6.45) is 5.25. The lowest BCUT2D eigenvalue weighted by atomic mass is 10.0. The van der Waals surface area contributed by atoms with E-state index in [9.17, 15) is 4.79 Å². The second-order valence-electron chi connectivity index (χ2n) is 5.68. The summed E-state index contributed by atoms with van der Waals surface area (Å²) in [4.78, 5) is 20.8. The summed E-state index contributed by atoms with van der Waals surface area (Å²) >= 11 is 0. The van der Waals surface area contributed by atoms with Gasteiger partial charge in [0, 0.05) is 35.2 Å². The summed E-state index contributed by atoms with van der Waals surface area (Å²) in [6.45, 7) is 0. The van der Waals surface area contributed by atoms with Crippen LogP contribution in [0.4, 0.5) is 5.69 Å². The maximum absolute atomic E-state index is 12.5. The molecule has 0 saturated carbocycles. The van der Waals surface area contributed by atoms with E-state index in [0.29, 0.717) is 5.56 Å². The van der Waals surface area contributed by atoms with Crippen LogP contribution in [0.5, 0.6) is 0 Å². The maximum atomic E-state index is 12.5. The van der Waals surface area contributed by atoms with E-state index in [1.54, 1.807) is 18.6 Å². The van der Waals surface area contributed by atoms with Crippen molar-refractivity contribution in [2.45, 2.75) is 0 Å². The third-order valence-electron chi connectivity index (χ3n) is 4.02. The van der Waals surface area contributed by atoms with Gasteiger partial charge in [-0.05, 0) is 53.6 Å². The summed E-state index contributed by atoms with van der Waals surface area (Å²) in [6, 6.07) is 21.0. The number of aromatic nitrogens is 2. The van der Waals surface area contributed by atoms with Crippen LogP contribution in [-0.2, 0) is 0 Å². The summed E-state index contributed by atoms with van der Waals surface area (Å²) in [5.41, 5.74) is 4.32. The molecule has 0 unspecified atom stereocenters. The van der Waals surface area contributed by atoms with Crippen molar-refractivity contribution in [1.29, 1.82) is 0 Å². The zero-order valence-electron chi connectivity index (χ0n) is 13.4. The predicted molar refractivity (Wildman–Crippen MR) is 99.4 cm³/mol. The Balaban J connectivity index is 1.54. The third kappa shape index (κ3) is 3.23. The topological polar surface area (TPSA) is 54.9 Å². The number of rotatable bonds is 3. The Bertz CT molecular complexity index is 1030. The van der Waals surface area contributed by atoms with Gasteiger partial charge in [-0.2, -0.15) is 0 Å². The maximum Gasteiger partial charge on any atom is 0.255 e. The second kappa shape index (κ2) is 6.53. The van der Waals surface area contributed by atoms with Crippen molar-refractivity contribution >= 4 is 22.5 Å². The number of anilines is 1. The lowest BCUT2D eigenvalue weighted by Crippen LogP contribution is -2.11. The fourth-order valence-corrected chi connectivity index (χ4v) is 2.71. The number of fused-ring (bicyclic) bond motifs is 1.